The quantitative estimate of drug-likeness (QED) is 0.876. The minimum atomic E-state index is -0.319. The fraction of sp³-hybridized carbons (Fsp3) is 0.529. The molecule has 3 rings (SSSR count). The standard InChI is InChI=1S/C17H22N2O2S/c1-2-9-19(11-12-7-8-12)16(20)10-15-17(21)18-13-5-3-4-6-14(13)22-15/h3-6,12,15H,2,7-11H2,1H3,(H,18,21)/t15-/m1/s1. The highest BCUT2D eigenvalue weighted by atomic mass is 32.2. The van der Waals surface area contributed by atoms with Crippen molar-refractivity contribution in [2.24, 2.45) is 5.92 Å². The number of thioether (sulfide) groups is 1. The Kier molecular flexibility index (Phi) is 4.71. The summed E-state index contributed by atoms with van der Waals surface area (Å²) in [5, 5.41) is 2.59. The van der Waals surface area contributed by atoms with Gasteiger partial charge in [0.1, 0.15) is 0 Å². The molecule has 1 aromatic rings. The van der Waals surface area contributed by atoms with Crippen LogP contribution in [0.25, 0.3) is 0 Å². The Labute approximate surface area is 135 Å². The zero-order valence-electron chi connectivity index (χ0n) is 12.9. The Morgan fingerprint density at radius 1 is 1.36 bits per heavy atom. The van der Waals surface area contributed by atoms with Gasteiger partial charge in [-0.25, -0.2) is 0 Å². The Balaban J connectivity index is 1.64. The van der Waals surface area contributed by atoms with Crippen LogP contribution in [0, 0.1) is 5.92 Å². The van der Waals surface area contributed by atoms with Gasteiger partial charge >= 0.3 is 0 Å². The van der Waals surface area contributed by atoms with E-state index in [2.05, 4.69) is 12.2 Å². The molecule has 0 spiro atoms. The van der Waals surface area contributed by atoms with Gasteiger partial charge in [-0.15, -0.1) is 11.8 Å². The summed E-state index contributed by atoms with van der Waals surface area (Å²) in [5.41, 5.74) is 0.851. The second kappa shape index (κ2) is 6.73. The van der Waals surface area contributed by atoms with Crippen LogP contribution in [0.2, 0.25) is 0 Å². The van der Waals surface area contributed by atoms with E-state index in [0.717, 1.165) is 30.1 Å². The van der Waals surface area contributed by atoms with Crippen LogP contribution in [0.3, 0.4) is 0 Å². The topological polar surface area (TPSA) is 49.4 Å². The second-order valence-electron chi connectivity index (χ2n) is 6.08. The first-order valence-corrected chi connectivity index (χ1v) is 8.89. The Hall–Kier alpha value is -1.49. The van der Waals surface area contributed by atoms with E-state index >= 15 is 0 Å². The first kappa shape index (κ1) is 15.4. The van der Waals surface area contributed by atoms with Gasteiger partial charge in [-0.3, -0.25) is 9.59 Å². The third-order valence-electron chi connectivity index (χ3n) is 4.09. The van der Waals surface area contributed by atoms with Gasteiger partial charge in [0.05, 0.1) is 10.9 Å². The molecular formula is C17H22N2O2S. The molecule has 1 aliphatic carbocycles. The molecule has 1 atom stereocenters. The summed E-state index contributed by atoms with van der Waals surface area (Å²) in [6, 6.07) is 7.75. The van der Waals surface area contributed by atoms with Crippen LogP contribution in [0.5, 0.6) is 0 Å². The van der Waals surface area contributed by atoms with E-state index in [-0.39, 0.29) is 23.5 Å². The number of hydrogen-bond donors (Lipinski definition) is 1. The minimum Gasteiger partial charge on any atom is -0.342 e. The molecule has 1 aliphatic heterocycles. The van der Waals surface area contributed by atoms with Crippen molar-refractivity contribution in [3.05, 3.63) is 24.3 Å². The Bertz CT molecular complexity index is 572. The first-order valence-electron chi connectivity index (χ1n) is 8.01. The number of fused-ring (bicyclic) bond motifs is 1. The third-order valence-corrected chi connectivity index (χ3v) is 5.36. The molecule has 2 amide bonds. The van der Waals surface area contributed by atoms with Crippen molar-refractivity contribution in [3.63, 3.8) is 0 Å². The predicted molar refractivity (Wildman–Crippen MR) is 88.9 cm³/mol. The lowest BCUT2D eigenvalue weighted by Gasteiger charge is -2.27. The van der Waals surface area contributed by atoms with E-state index in [1.165, 1.54) is 24.6 Å². The summed E-state index contributed by atoms with van der Waals surface area (Å²) in [6.07, 6.45) is 3.72. The van der Waals surface area contributed by atoms with Crippen LogP contribution in [0.4, 0.5) is 5.69 Å². The number of nitrogens with one attached hydrogen (secondary N) is 1. The van der Waals surface area contributed by atoms with Gasteiger partial charge in [0, 0.05) is 24.4 Å². The molecule has 1 aromatic carbocycles. The van der Waals surface area contributed by atoms with E-state index in [0.29, 0.717) is 5.92 Å². The van der Waals surface area contributed by atoms with E-state index in [1.807, 2.05) is 29.2 Å². The average molecular weight is 318 g/mol. The molecule has 0 unspecified atom stereocenters. The lowest BCUT2D eigenvalue weighted by Crippen LogP contribution is -2.38. The number of nitrogens with zero attached hydrogens (tertiary/aromatic N) is 1. The number of para-hydroxylation sites is 1. The number of carbonyl (C=O) groups is 2. The normalized spacial score (nSPS) is 20.2. The molecule has 4 nitrogen and oxygen atoms in total. The summed E-state index contributed by atoms with van der Waals surface area (Å²) in [7, 11) is 0. The molecule has 0 radical (unpaired) electrons. The van der Waals surface area contributed by atoms with Gasteiger partial charge in [0.2, 0.25) is 11.8 Å². The Morgan fingerprint density at radius 2 is 2.14 bits per heavy atom. The van der Waals surface area contributed by atoms with Gasteiger partial charge in [0.15, 0.2) is 0 Å². The molecule has 0 bridgehead atoms. The summed E-state index contributed by atoms with van der Waals surface area (Å²) in [4.78, 5) is 27.8. The fourth-order valence-corrected chi connectivity index (χ4v) is 3.82. The van der Waals surface area contributed by atoms with Gasteiger partial charge < -0.3 is 10.2 Å². The fourth-order valence-electron chi connectivity index (χ4n) is 2.71. The summed E-state index contributed by atoms with van der Waals surface area (Å²) < 4.78 is 0. The number of carbonyl (C=O) groups excluding carboxylic acids is 2. The van der Waals surface area contributed by atoms with Crippen LogP contribution in [-0.2, 0) is 9.59 Å². The van der Waals surface area contributed by atoms with Crippen molar-refractivity contribution >= 4 is 29.3 Å². The maximum atomic E-state index is 12.6. The van der Waals surface area contributed by atoms with Crippen molar-refractivity contribution in [3.8, 4) is 0 Å². The molecular weight excluding hydrogens is 296 g/mol. The highest BCUT2D eigenvalue weighted by Crippen LogP contribution is 2.37. The molecule has 2 aliphatic rings. The van der Waals surface area contributed by atoms with Crippen molar-refractivity contribution < 1.29 is 9.59 Å². The van der Waals surface area contributed by atoms with Gasteiger partial charge in [-0.05, 0) is 37.3 Å². The number of amides is 2. The van der Waals surface area contributed by atoms with Gasteiger partial charge in [-0.2, -0.15) is 0 Å². The first-order chi connectivity index (χ1) is 10.7. The molecule has 22 heavy (non-hydrogen) atoms. The smallest absolute Gasteiger partial charge is 0.238 e. The zero-order chi connectivity index (χ0) is 15.5. The van der Waals surface area contributed by atoms with E-state index in [1.54, 1.807) is 0 Å². The van der Waals surface area contributed by atoms with Gasteiger partial charge in [0.25, 0.3) is 0 Å². The second-order valence-corrected chi connectivity index (χ2v) is 7.32. The number of benzene rings is 1. The largest absolute Gasteiger partial charge is 0.342 e. The third kappa shape index (κ3) is 3.64. The zero-order valence-corrected chi connectivity index (χ0v) is 13.7. The molecule has 5 heteroatoms. The molecule has 1 heterocycles. The molecule has 1 fully saturated rings. The summed E-state index contributed by atoms with van der Waals surface area (Å²) in [5.74, 6) is 0.741. The Morgan fingerprint density at radius 3 is 2.86 bits per heavy atom. The molecule has 0 aromatic heterocycles. The highest BCUT2D eigenvalue weighted by Gasteiger charge is 2.32. The van der Waals surface area contributed by atoms with Crippen LogP contribution < -0.4 is 5.32 Å². The van der Waals surface area contributed by atoms with E-state index < -0.39 is 0 Å². The predicted octanol–water partition coefficient (Wildman–Crippen LogP) is 3.14. The van der Waals surface area contributed by atoms with Gasteiger partial charge in [-0.1, -0.05) is 19.1 Å². The van der Waals surface area contributed by atoms with Crippen LogP contribution in [0.15, 0.2) is 29.2 Å². The van der Waals surface area contributed by atoms with Crippen molar-refractivity contribution in [2.75, 3.05) is 18.4 Å². The van der Waals surface area contributed by atoms with Crippen molar-refractivity contribution in [1.82, 2.24) is 4.90 Å². The van der Waals surface area contributed by atoms with Crippen molar-refractivity contribution in [2.45, 2.75) is 42.8 Å². The lowest BCUT2D eigenvalue weighted by atomic mass is 10.2. The maximum absolute atomic E-state index is 12.6. The molecule has 1 saturated carbocycles. The molecule has 118 valence electrons. The van der Waals surface area contributed by atoms with E-state index in [9.17, 15) is 9.59 Å². The summed E-state index contributed by atoms with van der Waals surface area (Å²) >= 11 is 1.50. The van der Waals surface area contributed by atoms with Crippen molar-refractivity contribution in [1.29, 1.82) is 0 Å². The van der Waals surface area contributed by atoms with Crippen LogP contribution in [-0.4, -0.2) is 35.1 Å². The summed E-state index contributed by atoms with van der Waals surface area (Å²) in [6.45, 7) is 3.75. The van der Waals surface area contributed by atoms with Crippen LogP contribution in [0.1, 0.15) is 32.6 Å². The SMILES string of the molecule is CCCN(CC1CC1)C(=O)C[C@H]1Sc2ccccc2NC1=O. The average Bonchev–Trinajstić information content (AvgIpc) is 3.31. The number of hydrogen-bond acceptors (Lipinski definition) is 3. The highest BCUT2D eigenvalue weighted by molar-refractivity contribution is 8.01. The molecule has 0 saturated heterocycles. The monoisotopic (exact) mass is 318 g/mol. The lowest BCUT2D eigenvalue weighted by molar-refractivity contribution is -0.132. The van der Waals surface area contributed by atoms with E-state index in [4.69, 9.17) is 0 Å². The number of rotatable bonds is 6. The minimum absolute atomic E-state index is 0.0556. The van der Waals surface area contributed by atoms with Crippen LogP contribution >= 0.6 is 11.8 Å². The molecule has 1 N–H and O–H groups in total. The number of anilines is 1. The maximum Gasteiger partial charge on any atom is 0.238 e.